The van der Waals surface area contributed by atoms with Crippen LogP contribution < -0.4 is 5.43 Å². The van der Waals surface area contributed by atoms with Crippen LogP contribution in [0, 0.1) is 0 Å². The number of benzene rings is 3. The van der Waals surface area contributed by atoms with Gasteiger partial charge in [0.25, 0.3) is 5.91 Å². The first-order chi connectivity index (χ1) is 15.7. The summed E-state index contributed by atoms with van der Waals surface area (Å²) < 4.78 is 1.67. The standard InChI is InChI=1S/C23H20N4OS4/c1-29-19-11-9-16(10-12-19)13-24-25-21(28)15-31-23-27-26-22(32-23)30-14-18-7-4-6-17-5-2-3-8-20(17)18/h2-13H,14-15H2,1H3,(H,25,28)/b24-13+. The number of carbonyl (C=O) groups is 1. The Morgan fingerprint density at radius 1 is 1.00 bits per heavy atom. The van der Waals surface area contributed by atoms with Gasteiger partial charge < -0.3 is 0 Å². The lowest BCUT2D eigenvalue weighted by molar-refractivity contribution is -0.118. The Labute approximate surface area is 203 Å². The Morgan fingerprint density at radius 3 is 2.56 bits per heavy atom. The summed E-state index contributed by atoms with van der Waals surface area (Å²) in [6, 6.07) is 22.7. The molecular weight excluding hydrogens is 477 g/mol. The molecule has 0 spiro atoms. The second-order valence-corrected chi connectivity index (χ2v) is 10.9. The maximum atomic E-state index is 12.1. The molecule has 32 heavy (non-hydrogen) atoms. The molecule has 0 fully saturated rings. The van der Waals surface area contributed by atoms with E-state index in [4.69, 9.17) is 0 Å². The highest BCUT2D eigenvalue weighted by Crippen LogP contribution is 2.32. The van der Waals surface area contributed by atoms with E-state index in [1.807, 2.05) is 30.5 Å². The maximum absolute atomic E-state index is 12.1. The van der Waals surface area contributed by atoms with Gasteiger partial charge in [0.2, 0.25) is 0 Å². The van der Waals surface area contributed by atoms with Crippen molar-refractivity contribution >= 4 is 69.5 Å². The molecule has 4 rings (SSSR count). The largest absolute Gasteiger partial charge is 0.272 e. The summed E-state index contributed by atoms with van der Waals surface area (Å²) in [6.45, 7) is 0. The number of hydrogen-bond acceptors (Lipinski definition) is 8. The smallest absolute Gasteiger partial charge is 0.250 e. The Morgan fingerprint density at radius 2 is 1.75 bits per heavy atom. The summed E-state index contributed by atoms with van der Waals surface area (Å²) in [4.78, 5) is 13.2. The Balaban J connectivity index is 1.24. The van der Waals surface area contributed by atoms with Gasteiger partial charge in [0.15, 0.2) is 8.68 Å². The van der Waals surface area contributed by atoms with Gasteiger partial charge in [0.05, 0.1) is 12.0 Å². The van der Waals surface area contributed by atoms with Crippen LogP contribution >= 0.6 is 46.6 Å². The van der Waals surface area contributed by atoms with Crippen LogP contribution in [0.5, 0.6) is 0 Å². The predicted molar refractivity (Wildman–Crippen MR) is 138 cm³/mol. The van der Waals surface area contributed by atoms with Crippen molar-refractivity contribution in [2.75, 3.05) is 12.0 Å². The Bertz CT molecular complexity index is 1220. The quantitative estimate of drug-likeness (QED) is 0.175. The third-order valence-corrected chi connectivity index (χ3v) is 8.45. The van der Waals surface area contributed by atoms with Crippen molar-refractivity contribution in [3.8, 4) is 0 Å². The summed E-state index contributed by atoms with van der Waals surface area (Å²) in [5, 5.41) is 15.0. The average molecular weight is 497 g/mol. The van der Waals surface area contributed by atoms with Crippen molar-refractivity contribution in [1.82, 2.24) is 15.6 Å². The van der Waals surface area contributed by atoms with Crippen LogP contribution in [0.25, 0.3) is 10.8 Å². The molecule has 0 aliphatic carbocycles. The van der Waals surface area contributed by atoms with E-state index < -0.39 is 0 Å². The Hall–Kier alpha value is -2.33. The monoisotopic (exact) mass is 496 g/mol. The third-order valence-electron chi connectivity index (χ3n) is 4.46. The molecule has 3 aromatic carbocycles. The van der Waals surface area contributed by atoms with Gasteiger partial charge in [-0.25, -0.2) is 5.43 Å². The van der Waals surface area contributed by atoms with E-state index in [2.05, 4.69) is 63.2 Å². The number of fused-ring (bicyclic) bond motifs is 1. The first-order valence-corrected chi connectivity index (χ1v) is 13.7. The number of carbonyl (C=O) groups excluding carboxylic acids is 1. The van der Waals surface area contributed by atoms with Gasteiger partial charge in [0, 0.05) is 10.6 Å². The molecule has 0 atom stereocenters. The molecule has 0 aliphatic rings. The van der Waals surface area contributed by atoms with Gasteiger partial charge in [-0.15, -0.1) is 22.0 Å². The van der Waals surface area contributed by atoms with Crippen LogP contribution in [0.15, 0.2) is 85.4 Å². The molecule has 5 nitrogen and oxygen atoms in total. The SMILES string of the molecule is CSc1ccc(/C=N/NC(=O)CSc2nnc(SCc3cccc4ccccc34)s2)cc1. The fourth-order valence-electron chi connectivity index (χ4n) is 2.90. The lowest BCUT2D eigenvalue weighted by atomic mass is 10.1. The molecule has 1 heterocycles. The molecule has 0 radical (unpaired) electrons. The second-order valence-electron chi connectivity index (χ2n) is 6.62. The zero-order chi connectivity index (χ0) is 22.2. The van der Waals surface area contributed by atoms with Crippen LogP contribution in [-0.2, 0) is 10.5 Å². The van der Waals surface area contributed by atoms with E-state index >= 15 is 0 Å². The molecule has 0 saturated carbocycles. The van der Waals surface area contributed by atoms with Crippen molar-refractivity contribution in [2.24, 2.45) is 5.10 Å². The number of rotatable bonds is 9. The second kappa shape index (κ2) is 11.5. The highest BCUT2D eigenvalue weighted by atomic mass is 32.2. The molecule has 0 saturated heterocycles. The zero-order valence-electron chi connectivity index (χ0n) is 17.2. The molecule has 1 aromatic heterocycles. The first-order valence-electron chi connectivity index (χ1n) is 9.73. The minimum atomic E-state index is -0.174. The van der Waals surface area contributed by atoms with Crippen molar-refractivity contribution in [1.29, 1.82) is 0 Å². The van der Waals surface area contributed by atoms with Crippen LogP contribution in [0.4, 0.5) is 0 Å². The van der Waals surface area contributed by atoms with Crippen LogP contribution in [0.3, 0.4) is 0 Å². The number of hydrogen-bond donors (Lipinski definition) is 1. The van der Waals surface area contributed by atoms with Crippen LogP contribution in [-0.4, -0.2) is 34.3 Å². The summed E-state index contributed by atoms with van der Waals surface area (Å²) >= 11 is 6.22. The van der Waals surface area contributed by atoms with E-state index in [0.29, 0.717) is 0 Å². The number of nitrogens with one attached hydrogen (secondary N) is 1. The van der Waals surface area contributed by atoms with Gasteiger partial charge in [-0.3, -0.25) is 4.79 Å². The number of thioether (sulfide) groups is 3. The molecule has 0 unspecified atom stereocenters. The predicted octanol–water partition coefficient (Wildman–Crippen LogP) is 5.95. The number of hydrazone groups is 1. The number of nitrogens with zero attached hydrogens (tertiary/aromatic N) is 3. The molecule has 162 valence electrons. The summed E-state index contributed by atoms with van der Waals surface area (Å²) in [5.74, 6) is 0.895. The van der Waals surface area contributed by atoms with Gasteiger partial charge in [-0.05, 0) is 40.3 Å². The van der Waals surface area contributed by atoms with Gasteiger partial charge >= 0.3 is 0 Å². The van der Waals surface area contributed by atoms with Crippen LogP contribution in [0.1, 0.15) is 11.1 Å². The van der Waals surface area contributed by atoms with Crippen molar-refractivity contribution in [2.45, 2.75) is 19.3 Å². The molecule has 9 heteroatoms. The molecule has 0 bridgehead atoms. The van der Waals surface area contributed by atoms with Gasteiger partial charge in [-0.1, -0.05) is 89.5 Å². The number of amides is 1. The summed E-state index contributed by atoms with van der Waals surface area (Å²) in [6.07, 6.45) is 3.67. The topological polar surface area (TPSA) is 67.2 Å². The minimum Gasteiger partial charge on any atom is -0.272 e. The fourth-order valence-corrected chi connectivity index (χ4v) is 6.12. The van der Waals surface area contributed by atoms with Crippen molar-refractivity contribution in [3.63, 3.8) is 0 Å². The lowest BCUT2D eigenvalue weighted by Crippen LogP contribution is -2.19. The molecule has 4 aromatic rings. The van der Waals surface area contributed by atoms with E-state index in [9.17, 15) is 4.79 Å². The zero-order valence-corrected chi connectivity index (χ0v) is 20.5. The highest BCUT2D eigenvalue weighted by molar-refractivity contribution is 8.03. The third kappa shape index (κ3) is 6.35. The molecular formula is C23H20N4OS4. The maximum Gasteiger partial charge on any atom is 0.250 e. The summed E-state index contributed by atoms with van der Waals surface area (Å²) in [7, 11) is 0. The fraction of sp³-hybridized carbons (Fsp3) is 0.130. The van der Waals surface area contributed by atoms with Gasteiger partial charge in [0.1, 0.15) is 0 Å². The van der Waals surface area contributed by atoms with Gasteiger partial charge in [-0.2, -0.15) is 5.10 Å². The lowest BCUT2D eigenvalue weighted by Gasteiger charge is -2.04. The molecule has 1 amide bonds. The van der Waals surface area contributed by atoms with E-state index in [0.717, 1.165) is 20.0 Å². The van der Waals surface area contributed by atoms with Crippen molar-refractivity contribution < 1.29 is 4.79 Å². The Kier molecular flexibility index (Phi) is 8.22. The molecule has 0 aliphatic heterocycles. The summed E-state index contributed by atoms with van der Waals surface area (Å²) in [5.41, 5.74) is 4.77. The van der Waals surface area contributed by atoms with Crippen LogP contribution in [0.2, 0.25) is 0 Å². The number of aromatic nitrogens is 2. The molecule has 1 N–H and O–H groups in total. The highest BCUT2D eigenvalue weighted by Gasteiger charge is 2.09. The normalized spacial score (nSPS) is 11.3. The van der Waals surface area contributed by atoms with E-state index in [-0.39, 0.29) is 11.7 Å². The van der Waals surface area contributed by atoms with E-state index in [1.54, 1.807) is 29.7 Å². The van der Waals surface area contributed by atoms with E-state index in [1.165, 1.54) is 44.3 Å². The average Bonchev–Trinajstić information content (AvgIpc) is 3.30. The first kappa shape index (κ1) is 22.8. The minimum absolute atomic E-state index is 0.174. The van der Waals surface area contributed by atoms with Crippen molar-refractivity contribution in [3.05, 3.63) is 77.9 Å².